The summed E-state index contributed by atoms with van der Waals surface area (Å²) in [5.41, 5.74) is 1.33. The average Bonchev–Trinajstić information content (AvgIpc) is 2.69. The van der Waals surface area contributed by atoms with Crippen molar-refractivity contribution in [2.45, 2.75) is 64.5 Å². The molecule has 1 aliphatic rings. The van der Waals surface area contributed by atoms with Crippen LogP contribution in [0.5, 0.6) is 0 Å². The molecular weight excluding hydrogens is 324 g/mol. The van der Waals surface area contributed by atoms with Gasteiger partial charge in [0.25, 0.3) is 5.91 Å². The van der Waals surface area contributed by atoms with Gasteiger partial charge in [0.2, 0.25) is 0 Å². The van der Waals surface area contributed by atoms with Gasteiger partial charge in [-0.25, -0.2) is 9.97 Å². The van der Waals surface area contributed by atoms with Crippen molar-refractivity contribution in [1.29, 1.82) is 0 Å². The lowest BCUT2D eigenvalue weighted by Crippen LogP contribution is -2.33. The van der Waals surface area contributed by atoms with Crippen molar-refractivity contribution in [2.75, 3.05) is 5.32 Å². The quantitative estimate of drug-likeness (QED) is 0.808. The lowest BCUT2D eigenvalue weighted by Gasteiger charge is -2.23. The Morgan fingerprint density at radius 2 is 1.88 bits per heavy atom. The van der Waals surface area contributed by atoms with Crippen LogP contribution in [0.25, 0.3) is 11.4 Å². The number of benzene rings is 1. The molecule has 0 aliphatic heterocycles. The van der Waals surface area contributed by atoms with E-state index in [0.717, 1.165) is 30.6 Å². The second-order valence-corrected chi connectivity index (χ2v) is 7.09. The zero-order chi connectivity index (χ0) is 18.4. The topological polar surface area (TPSA) is 66.9 Å². The predicted molar refractivity (Wildman–Crippen MR) is 105 cm³/mol. The third-order valence-electron chi connectivity index (χ3n) is 4.94. The molecule has 1 atom stereocenters. The molecule has 1 saturated carbocycles. The van der Waals surface area contributed by atoms with Crippen molar-refractivity contribution < 1.29 is 4.79 Å². The first-order valence-electron chi connectivity index (χ1n) is 9.67. The third-order valence-corrected chi connectivity index (χ3v) is 4.94. The van der Waals surface area contributed by atoms with E-state index >= 15 is 0 Å². The summed E-state index contributed by atoms with van der Waals surface area (Å²) in [6, 6.07) is 12.1. The summed E-state index contributed by atoms with van der Waals surface area (Å²) in [7, 11) is 0. The molecule has 26 heavy (non-hydrogen) atoms. The first-order chi connectivity index (χ1) is 12.7. The van der Waals surface area contributed by atoms with Gasteiger partial charge in [0.1, 0.15) is 11.5 Å². The molecule has 1 aromatic heterocycles. The number of hydrogen-bond acceptors (Lipinski definition) is 4. The van der Waals surface area contributed by atoms with E-state index in [-0.39, 0.29) is 11.9 Å². The van der Waals surface area contributed by atoms with Gasteiger partial charge in [0, 0.05) is 23.7 Å². The summed E-state index contributed by atoms with van der Waals surface area (Å²) < 4.78 is 0. The molecule has 5 heteroatoms. The Hall–Kier alpha value is -2.43. The number of carbonyl (C=O) groups excluding carboxylic acids is 1. The van der Waals surface area contributed by atoms with Crippen molar-refractivity contribution in [3.63, 3.8) is 0 Å². The molecule has 1 aromatic carbocycles. The van der Waals surface area contributed by atoms with Crippen molar-refractivity contribution in [2.24, 2.45) is 0 Å². The summed E-state index contributed by atoms with van der Waals surface area (Å²) in [6.45, 7) is 4.05. The van der Waals surface area contributed by atoms with E-state index in [1.807, 2.05) is 37.3 Å². The molecule has 1 heterocycles. The van der Waals surface area contributed by atoms with Crippen LogP contribution in [0.3, 0.4) is 0 Å². The molecule has 0 spiro atoms. The molecule has 2 N–H and O–H groups in total. The molecule has 1 unspecified atom stereocenters. The van der Waals surface area contributed by atoms with Crippen LogP contribution in [-0.2, 0) is 0 Å². The monoisotopic (exact) mass is 352 g/mol. The Morgan fingerprint density at radius 1 is 1.15 bits per heavy atom. The molecule has 3 rings (SSSR count). The Labute approximate surface area is 155 Å². The highest BCUT2D eigenvalue weighted by Crippen LogP contribution is 2.23. The minimum Gasteiger partial charge on any atom is -0.367 e. The second-order valence-electron chi connectivity index (χ2n) is 7.09. The first kappa shape index (κ1) is 18.4. The molecule has 5 nitrogen and oxygen atoms in total. The minimum atomic E-state index is -0.148. The van der Waals surface area contributed by atoms with Gasteiger partial charge in [-0.2, -0.15) is 0 Å². The van der Waals surface area contributed by atoms with Gasteiger partial charge >= 0.3 is 0 Å². The number of hydrogen-bond donors (Lipinski definition) is 2. The number of carbonyl (C=O) groups is 1. The Bertz CT molecular complexity index is 726. The summed E-state index contributed by atoms with van der Waals surface area (Å²) >= 11 is 0. The SMILES string of the molecule is CCC(C)NC(=O)c1cc(NC2CCCCC2)nc(-c2ccccc2)n1. The summed E-state index contributed by atoms with van der Waals surface area (Å²) in [6.07, 6.45) is 6.98. The van der Waals surface area contributed by atoms with Gasteiger partial charge in [-0.1, -0.05) is 56.5 Å². The van der Waals surface area contributed by atoms with Gasteiger partial charge in [-0.15, -0.1) is 0 Å². The molecule has 0 saturated heterocycles. The fraction of sp³-hybridized carbons (Fsp3) is 0.476. The van der Waals surface area contributed by atoms with Crippen LogP contribution in [0.15, 0.2) is 36.4 Å². The number of nitrogens with zero attached hydrogens (tertiary/aromatic N) is 2. The van der Waals surface area contributed by atoms with Gasteiger partial charge in [-0.05, 0) is 26.2 Å². The number of anilines is 1. The smallest absolute Gasteiger partial charge is 0.270 e. The van der Waals surface area contributed by atoms with Crippen molar-refractivity contribution in [1.82, 2.24) is 15.3 Å². The standard InChI is InChI=1S/C21H28N4O/c1-3-15(2)22-21(26)18-14-19(23-17-12-8-5-9-13-17)25-20(24-18)16-10-6-4-7-11-16/h4,6-7,10-11,14-15,17H,3,5,8-9,12-13H2,1-2H3,(H,22,26)(H,23,24,25). The Morgan fingerprint density at radius 3 is 2.58 bits per heavy atom. The third kappa shape index (κ3) is 4.81. The highest BCUT2D eigenvalue weighted by atomic mass is 16.1. The van der Waals surface area contributed by atoms with E-state index in [1.54, 1.807) is 6.07 Å². The molecule has 2 aromatic rings. The zero-order valence-electron chi connectivity index (χ0n) is 15.7. The molecule has 1 fully saturated rings. The van der Waals surface area contributed by atoms with Crippen LogP contribution in [0.2, 0.25) is 0 Å². The van der Waals surface area contributed by atoms with Crippen LogP contribution in [0.4, 0.5) is 5.82 Å². The minimum absolute atomic E-state index is 0.118. The van der Waals surface area contributed by atoms with Crippen molar-refractivity contribution in [3.05, 3.63) is 42.1 Å². The van der Waals surface area contributed by atoms with E-state index < -0.39 is 0 Å². The van der Waals surface area contributed by atoms with Gasteiger partial charge in [0.05, 0.1) is 0 Å². The molecule has 1 aliphatic carbocycles. The van der Waals surface area contributed by atoms with Crippen molar-refractivity contribution in [3.8, 4) is 11.4 Å². The largest absolute Gasteiger partial charge is 0.367 e. The van der Waals surface area contributed by atoms with E-state index in [2.05, 4.69) is 27.5 Å². The lowest BCUT2D eigenvalue weighted by molar-refractivity contribution is 0.0934. The summed E-state index contributed by atoms with van der Waals surface area (Å²) in [5.74, 6) is 1.17. The van der Waals surface area contributed by atoms with Crippen LogP contribution in [0, 0.1) is 0 Å². The maximum atomic E-state index is 12.6. The zero-order valence-corrected chi connectivity index (χ0v) is 15.7. The number of amides is 1. The molecule has 1 amide bonds. The number of nitrogens with one attached hydrogen (secondary N) is 2. The van der Waals surface area contributed by atoms with Crippen LogP contribution < -0.4 is 10.6 Å². The summed E-state index contributed by atoms with van der Waals surface area (Å²) in [5, 5.41) is 6.52. The fourth-order valence-corrected chi connectivity index (χ4v) is 3.21. The lowest BCUT2D eigenvalue weighted by atomic mass is 9.95. The van der Waals surface area contributed by atoms with Crippen LogP contribution in [0.1, 0.15) is 62.9 Å². The number of rotatable bonds is 6. The molecule has 0 radical (unpaired) electrons. The van der Waals surface area contributed by atoms with Crippen LogP contribution >= 0.6 is 0 Å². The Balaban J connectivity index is 1.89. The Kier molecular flexibility index (Phi) is 6.21. The average molecular weight is 352 g/mol. The maximum absolute atomic E-state index is 12.6. The van der Waals surface area contributed by atoms with E-state index in [4.69, 9.17) is 0 Å². The normalized spacial score (nSPS) is 16.1. The van der Waals surface area contributed by atoms with Gasteiger partial charge in [0.15, 0.2) is 5.82 Å². The van der Waals surface area contributed by atoms with E-state index in [0.29, 0.717) is 17.6 Å². The fourth-order valence-electron chi connectivity index (χ4n) is 3.21. The summed E-state index contributed by atoms with van der Waals surface area (Å²) in [4.78, 5) is 21.8. The highest BCUT2D eigenvalue weighted by Gasteiger charge is 2.18. The van der Waals surface area contributed by atoms with Crippen molar-refractivity contribution >= 4 is 11.7 Å². The predicted octanol–water partition coefficient (Wildman–Crippen LogP) is 4.42. The molecule has 0 bridgehead atoms. The van der Waals surface area contributed by atoms with Gasteiger partial charge in [-0.3, -0.25) is 4.79 Å². The number of aromatic nitrogens is 2. The van der Waals surface area contributed by atoms with Gasteiger partial charge < -0.3 is 10.6 Å². The molecule has 138 valence electrons. The first-order valence-corrected chi connectivity index (χ1v) is 9.67. The maximum Gasteiger partial charge on any atom is 0.270 e. The molecular formula is C21H28N4O. The van der Waals surface area contributed by atoms with Crippen LogP contribution in [-0.4, -0.2) is 28.0 Å². The highest BCUT2D eigenvalue weighted by molar-refractivity contribution is 5.93. The second kappa shape index (κ2) is 8.79. The van der Waals surface area contributed by atoms with E-state index in [1.165, 1.54) is 19.3 Å². The van der Waals surface area contributed by atoms with E-state index in [9.17, 15) is 4.79 Å².